The summed E-state index contributed by atoms with van der Waals surface area (Å²) in [6, 6.07) is 7.49. The van der Waals surface area contributed by atoms with E-state index in [1.807, 2.05) is 24.3 Å². The average Bonchev–Trinajstić information content (AvgIpc) is 2.47. The minimum absolute atomic E-state index is 0.367. The highest BCUT2D eigenvalue weighted by Gasteiger charge is 1.99. The molecular formula is C7H6N4O. The first-order valence-corrected chi connectivity index (χ1v) is 3.43. The Kier molecular flexibility index (Phi) is 1.48. The average molecular weight is 162 g/mol. The van der Waals surface area contributed by atoms with E-state index in [1.54, 1.807) is 0 Å². The van der Waals surface area contributed by atoms with E-state index < -0.39 is 0 Å². The van der Waals surface area contributed by atoms with Gasteiger partial charge in [-0.3, -0.25) is 0 Å². The number of aromatic amines is 1. The van der Waals surface area contributed by atoms with Crippen LogP contribution in [0.3, 0.4) is 0 Å². The van der Waals surface area contributed by atoms with Gasteiger partial charge in [-0.2, -0.15) is 0 Å². The fourth-order valence-corrected chi connectivity index (χ4v) is 1.05. The van der Waals surface area contributed by atoms with E-state index in [9.17, 15) is 4.91 Å². The SMILES string of the molecule is O=NNc1nc2ccccc2[nH]1. The van der Waals surface area contributed by atoms with E-state index in [4.69, 9.17) is 0 Å². The summed E-state index contributed by atoms with van der Waals surface area (Å²) in [4.78, 5) is 16.8. The summed E-state index contributed by atoms with van der Waals surface area (Å²) in [5.41, 5.74) is 3.89. The molecular weight excluding hydrogens is 156 g/mol. The van der Waals surface area contributed by atoms with Gasteiger partial charge < -0.3 is 4.98 Å². The molecule has 1 aromatic carbocycles. The van der Waals surface area contributed by atoms with Gasteiger partial charge >= 0.3 is 0 Å². The second-order valence-corrected chi connectivity index (χ2v) is 2.31. The fraction of sp³-hybridized carbons (Fsp3) is 0. The highest BCUT2D eigenvalue weighted by atomic mass is 16.3. The third kappa shape index (κ3) is 1.01. The van der Waals surface area contributed by atoms with Gasteiger partial charge in [0, 0.05) is 0 Å². The van der Waals surface area contributed by atoms with Crippen molar-refractivity contribution in [3.05, 3.63) is 29.2 Å². The largest absolute Gasteiger partial charge is 0.323 e. The predicted octanol–water partition coefficient (Wildman–Crippen LogP) is 1.66. The zero-order valence-corrected chi connectivity index (χ0v) is 6.11. The van der Waals surface area contributed by atoms with E-state index in [0.29, 0.717) is 5.95 Å². The van der Waals surface area contributed by atoms with Crippen molar-refractivity contribution >= 4 is 17.0 Å². The van der Waals surface area contributed by atoms with E-state index in [-0.39, 0.29) is 0 Å². The summed E-state index contributed by atoms with van der Waals surface area (Å²) in [5, 5.41) is 2.51. The third-order valence-electron chi connectivity index (χ3n) is 1.54. The van der Waals surface area contributed by atoms with Crippen molar-refractivity contribution in [3.8, 4) is 0 Å². The first-order chi connectivity index (χ1) is 5.90. The number of nitroso groups, excluding NO2 is 1. The number of fused-ring (bicyclic) bond motifs is 1. The van der Waals surface area contributed by atoms with Gasteiger partial charge in [0.15, 0.2) is 0 Å². The van der Waals surface area contributed by atoms with Gasteiger partial charge in [-0.1, -0.05) is 12.1 Å². The number of benzene rings is 1. The van der Waals surface area contributed by atoms with Crippen molar-refractivity contribution in [2.45, 2.75) is 0 Å². The smallest absolute Gasteiger partial charge is 0.224 e. The highest BCUT2D eigenvalue weighted by Crippen LogP contribution is 2.12. The number of imidazole rings is 1. The molecule has 0 aliphatic heterocycles. The third-order valence-corrected chi connectivity index (χ3v) is 1.54. The maximum atomic E-state index is 9.83. The highest BCUT2D eigenvalue weighted by molar-refractivity contribution is 5.77. The Morgan fingerprint density at radius 1 is 1.42 bits per heavy atom. The molecule has 2 rings (SSSR count). The van der Waals surface area contributed by atoms with E-state index in [1.165, 1.54) is 0 Å². The molecule has 0 aliphatic carbocycles. The van der Waals surface area contributed by atoms with Crippen molar-refractivity contribution < 1.29 is 0 Å². The molecule has 0 atom stereocenters. The number of H-pyrrole nitrogens is 1. The van der Waals surface area contributed by atoms with E-state index >= 15 is 0 Å². The number of hydrogen-bond acceptors (Lipinski definition) is 3. The molecule has 0 unspecified atom stereocenters. The van der Waals surface area contributed by atoms with Gasteiger partial charge in [0.2, 0.25) is 5.95 Å². The Morgan fingerprint density at radius 2 is 2.25 bits per heavy atom. The van der Waals surface area contributed by atoms with Crippen molar-refractivity contribution in [1.29, 1.82) is 0 Å². The molecule has 60 valence electrons. The molecule has 0 saturated heterocycles. The summed E-state index contributed by atoms with van der Waals surface area (Å²) in [5.74, 6) is 0.367. The molecule has 0 fully saturated rings. The zero-order valence-electron chi connectivity index (χ0n) is 6.11. The standard InChI is InChI=1S/C7H6N4O/c12-11-10-7-8-5-3-1-2-4-6(5)9-7/h1-4H,(H2,8,9,10,12). The minimum Gasteiger partial charge on any atom is -0.323 e. The number of nitrogens with one attached hydrogen (secondary N) is 2. The predicted molar refractivity (Wildman–Crippen MR) is 45.5 cm³/mol. The maximum Gasteiger partial charge on any atom is 0.224 e. The van der Waals surface area contributed by atoms with Gasteiger partial charge in [-0.15, -0.1) is 4.91 Å². The van der Waals surface area contributed by atoms with Crippen LogP contribution < -0.4 is 5.43 Å². The number of rotatable bonds is 2. The normalized spacial score (nSPS) is 10.0. The van der Waals surface area contributed by atoms with Gasteiger partial charge in [0.05, 0.1) is 16.3 Å². The molecule has 0 bridgehead atoms. The van der Waals surface area contributed by atoms with Gasteiger partial charge in [0.1, 0.15) is 0 Å². The molecule has 5 nitrogen and oxygen atoms in total. The molecule has 12 heavy (non-hydrogen) atoms. The molecule has 2 aromatic rings. The summed E-state index contributed by atoms with van der Waals surface area (Å²) >= 11 is 0. The summed E-state index contributed by atoms with van der Waals surface area (Å²) in [7, 11) is 0. The Balaban J connectivity index is 2.54. The second-order valence-electron chi connectivity index (χ2n) is 2.31. The number of hydrogen-bond donors (Lipinski definition) is 2. The monoisotopic (exact) mass is 162 g/mol. The van der Waals surface area contributed by atoms with Gasteiger partial charge in [-0.25, -0.2) is 10.4 Å². The lowest BCUT2D eigenvalue weighted by molar-refractivity contribution is 1.20. The van der Waals surface area contributed by atoms with E-state index in [2.05, 4.69) is 20.7 Å². The van der Waals surface area contributed by atoms with Crippen LogP contribution in [-0.4, -0.2) is 9.97 Å². The topological polar surface area (TPSA) is 70.1 Å². The first kappa shape index (κ1) is 6.78. The van der Waals surface area contributed by atoms with Crippen LogP contribution in [0.1, 0.15) is 0 Å². The minimum atomic E-state index is 0.367. The van der Waals surface area contributed by atoms with Crippen LogP contribution >= 0.6 is 0 Å². The van der Waals surface area contributed by atoms with E-state index in [0.717, 1.165) is 11.0 Å². The fourth-order valence-electron chi connectivity index (χ4n) is 1.05. The zero-order chi connectivity index (χ0) is 8.39. The molecule has 1 aromatic heterocycles. The van der Waals surface area contributed by atoms with Crippen LogP contribution in [0.4, 0.5) is 5.95 Å². The van der Waals surface area contributed by atoms with Crippen molar-refractivity contribution in [2.75, 3.05) is 5.43 Å². The van der Waals surface area contributed by atoms with Crippen LogP contribution in [0.25, 0.3) is 11.0 Å². The molecule has 2 N–H and O–H groups in total. The van der Waals surface area contributed by atoms with Gasteiger partial charge in [0.25, 0.3) is 0 Å². The van der Waals surface area contributed by atoms with Gasteiger partial charge in [-0.05, 0) is 12.1 Å². The Labute approximate surface area is 67.8 Å². The molecule has 1 heterocycles. The van der Waals surface area contributed by atoms with Crippen molar-refractivity contribution in [2.24, 2.45) is 5.29 Å². The van der Waals surface area contributed by atoms with Crippen LogP contribution in [-0.2, 0) is 0 Å². The molecule has 0 saturated carbocycles. The number of anilines is 1. The first-order valence-electron chi connectivity index (χ1n) is 3.43. The Bertz CT molecular complexity index is 375. The van der Waals surface area contributed by atoms with Crippen molar-refractivity contribution in [1.82, 2.24) is 9.97 Å². The van der Waals surface area contributed by atoms with Crippen LogP contribution in [0.5, 0.6) is 0 Å². The van der Waals surface area contributed by atoms with Crippen molar-refractivity contribution in [3.63, 3.8) is 0 Å². The molecule has 5 heteroatoms. The number of aromatic nitrogens is 2. The molecule has 0 amide bonds. The lowest BCUT2D eigenvalue weighted by Gasteiger charge is -1.83. The lowest BCUT2D eigenvalue weighted by atomic mass is 10.3. The lowest BCUT2D eigenvalue weighted by Crippen LogP contribution is -1.86. The molecule has 0 spiro atoms. The number of para-hydroxylation sites is 2. The summed E-state index contributed by atoms with van der Waals surface area (Å²) < 4.78 is 0. The quantitative estimate of drug-likeness (QED) is 0.521. The van der Waals surface area contributed by atoms with Crippen LogP contribution in [0.2, 0.25) is 0 Å². The summed E-state index contributed by atoms with van der Waals surface area (Å²) in [6.07, 6.45) is 0. The molecule has 0 radical (unpaired) electrons. The Hall–Kier alpha value is -1.91. The second kappa shape index (κ2) is 2.61. The maximum absolute atomic E-state index is 9.83. The summed E-state index contributed by atoms with van der Waals surface area (Å²) in [6.45, 7) is 0. The van der Waals surface area contributed by atoms with Crippen LogP contribution in [0.15, 0.2) is 29.6 Å². The number of nitrogens with zero attached hydrogens (tertiary/aromatic N) is 2. The van der Waals surface area contributed by atoms with Crippen LogP contribution in [0, 0.1) is 4.91 Å². The molecule has 0 aliphatic rings. The Morgan fingerprint density at radius 3 is 3.00 bits per heavy atom.